The van der Waals surface area contributed by atoms with E-state index in [1.54, 1.807) is 15.9 Å². The molecule has 6 nitrogen and oxygen atoms in total. The van der Waals surface area contributed by atoms with E-state index in [-0.39, 0.29) is 17.4 Å². The van der Waals surface area contributed by atoms with Crippen molar-refractivity contribution in [2.24, 2.45) is 5.73 Å². The number of likely N-dealkylation sites (N-methyl/N-ethyl adjacent to an activating group) is 1. The largest absolute Gasteiger partial charge is 0.357 e. The Labute approximate surface area is 160 Å². The van der Waals surface area contributed by atoms with Crippen molar-refractivity contribution in [2.45, 2.75) is 37.7 Å². The molecule has 2 aliphatic rings. The highest BCUT2D eigenvalue weighted by molar-refractivity contribution is 7.81. The van der Waals surface area contributed by atoms with Gasteiger partial charge in [0.05, 0.1) is 23.6 Å². The molecule has 26 heavy (non-hydrogen) atoms. The third kappa shape index (κ3) is 3.67. The van der Waals surface area contributed by atoms with Gasteiger partial charge in [-0.25, -0.2) is 4.79 Å². The van der Waals surface area contributed by atoms with Gasteiger partial charge in [0.15, 0.2) is 0 Å². The molecule has 0 unspecified atom stereocenters. The number of nitrogens with zero attached hydrogens (tertiary/aromatic N) is 4. The van der Waals surface area contributed by atoms with E-state index >= 15 is 0 Å². The smallest absolute Gasteiger partial charge is 0.327 e. The normalized spacial score (nSPS) is 23.7. The van der Waals surface area contributed by atoms with Crippen LogP contribution < -0.4 is 5.73 Å². The minimum atomic E-state index is -0.261. The lowest BCUT2D eigenvalue weighted by Crippen LogP contribution is -2.54. The topological polar surface area (TPSA) is 76.6 Å². The Hall–Kier alpha value is -2.17. The molecule has 0 aromatic heterocycles. The second-order valence-corrected chi connectivity index (χ2v) is 7.24. The van der Waals surface area contributed by atoms with E-state index in [0.29, 0.717) is 18.7 Å². The average Bonchev–Trinajstić information content (AvgIpc) is 2.64. The summed E-state index contributed by atoms with van der Waals surface area (Å²) in [7, 11) is 0. The quantitative estimate of drug-likeness (QED) is 0.797. The van der Waals surface area contributed by atoms with Gasteiger partial charge in [-0.1, -0.05) is 18.2 Å². The van der Waals surface area contributed by atoms with Gasteiger partial charge in [-0.2, -0.15) is 17.9 Å². The molecule has 0 saturated carbocycles. The lowest BCUT2D eigenvalue weighted by molar-refractivity contribution is 0.123. The molecule has 1 aromatic carbocycles. The number of urea groups is 1. The molecule has 7 heteroatoms. The molecule has 0 aliphatic carbocycles. The predicted molar refractivity (Wildman–Crippen MR) is 104 cm³/mol. The number of nitriles is 1. The molecule has 0 radical (unpaired) electrons. The summed E-state index contributed by atoms with van der Waals surface area (Å²) in [5.74, 6) is 0.850. The van der Waals surface area contributed by atoms with Crippen LogP contribution in [0, 0.1) is 11.3 Å². The molecule has 138 valence electrons. The van der Waals surface area contributed by atoms with Gasteiger partial charge in [0.25, 0.3) is 0 Å². The molecule has 2 amide bonds. The first-order chi connectivity index (χ1) is 12.5. The summed E-state index contributed by atoms with van der Waals surface area (Å²) >= 11 is 4.59. The number of hydrogen-bond acceptors (Lipinski definition) is 5. The first-order valence-electron chi connectivity index (χ1n) is 9.01. The Kier molecular flexibility index (Phi) is 5.74. The van der Waals surface area contributed by atoms with Crippen molar-refractivity contribution >= 4 is 18.7 Å². The molecule has 2 N–H and O–H groups in total. The van der Waals surface area contributed by atoms with E-state index in [1.807, 2.05) is 31.2 Å². The fourth-order valence-electron chi connectivity index (χ4n) is 3.58. The molecular formula is C19H25N5OS. The van der Waals surface area contributed by atoms with Crippen LogP contribution in [0.2, 0.25) is 0 Å². The number of amides is 2. The summed E-state index contributed by atoms with van der Waals surface area (Å²) in [4.78, 5) is 18.8. The minimum Gasteiger partial charge on any atom is -0.357 e. The van der Waals surface area contributed by atoms with Crippen LogP contribution in [-0.4, -0.2) is 51.8 Å². The Morgan fingerprint density at radius 2 is 2.15 bits per heavy atom. The van der Waals surface area contributed by atoms with Crippen LogP contribution in [0.4, 0.5) is 4.79 Å². The van der Waals surface area contributed by atoms with Crippen molar-refractivity contribution in [2.75, 3.05) is 19.6 Å². The standard InChI is InChI=1S/C19H25N5OS/c1-2-23-18(26)10-17(22-9-5-8-16(21)13-22)24(19(23)25)12-15-7-4-3-6-14(15)11-20/h3-4,6-7,10,16,18,26H,2,5,8-9,12-13,21H2,1H3/t16-,18-/m1/s1. The zero-order valence-electron chi connectivity index (χ0n) is 15.0. The molecule has 3 rings (SSSR count). The van der Waals surface area contributed by atoms with Crippen LogP contribution in [0.1, 0.15) is 30.9 Å². The van der Waals surface area contributed by atoms with Crippen molar-refractivity contribution in [3.8, 4) is 6.07 Å². The maximum atomic E-state index is 13.1. The Morgan fingerprint density at radius 1 is 1.38 bits per heavy atom. The number of likely N-dealkylation sites (tertiary alicyclic amines) is 1. The van der Waals surface area contributed by atoms with Gasteiger partial charge in [0.1, 0.15) is 5.82 Å². The van der Waals surface area contributed by atoms with Crippen molar-refractivity contribution in [3.63, 3.8) is 0 Å². The number of piperidine rings is 1. The van der Waals surface area contributed by atoms with Crippen molar-refractivity contribution in [3.05, 3.63) is 47.3 Å². The fraction of sp³-hybridized carbons (Fsp3) is 0.474. The molecule has 2 aliphatic heterocycles. The Balaban J connectivity index is 1.95. The van der Waals surface area contributed by atoms with E-state index in [2.05, 4.69) is 23.6 Å². The zero-order valence-corrected chi connectivity index (χ0v) is 15.9. The lowest BCUT2D eigenvalue weighted by Gasteiger charge is -2.44. The van der Waals surface area contributed by atoms with Gasteiger partial charge in [-0.05, 0) is 37.5 Å². The number of nitrogens with two attached hydrogens (primary N) is 1. The second-order valence-electron chi connectivity index (χ2n) is 6.71. The number of thiol groups is 1. The number of carbonyl (C=O) groups is 1. The SMILES string of the molecule is CCN1C(=O)N(Cc2ccccc2C#N)C(N2CCC[C@@H](N)C2)=C[C@H]1S. The lowest BCUT2D eigenvalue weighted by atomic mass is 10.1. The molecule has 0 spiro atoms. The van der Waals surface area contributed by atoms with E-state index in [1.165, 1.54) is 0 Å². The molecule has 1 saturated heterocycles. The number of carbonyl (C=O) groups excluding carboxylic acids is 1. The van der Waals surface area contributed by atoms with Crippen LogP contribution in [0.5, 0.6) is 0 Å². The zero-order chi connectivity index (χ0) is 18.7. The van der Waals surface area contributed by atoms with E-state index in [0.717, 1.165) is 37.3 Å². The average molecular weight is 372 g/mol. The minimum absolute atomic E-state index is 0.0862. The van der Waals surface area contributed by atoms with Crippen molar-refractivity contribution < 1.29 is 4.79 Å². The monoisotopic (exact) mass is 371 g/mol. The molecule has 1 aromatic rings. The highest BCUT2D eigenvalue weighted by Gasteiger charge is 2.35. The van der Waals surface area contributed by atoms with Crippen LogP contribution in [-0.2, 0) is 6.54 Å². The summed E-state index contributed by atoms with van der Waals surface area (Å²) in [6, 6.07) is 9.64. The molecule has 2 atom stereocenters. The van der Waals surface area contributed by atoms with Crippen LogP contribution in [0.25, 0.3) is 0 Å². The Bertz CT molecular complexity index is 744. The molecule has 0 bridgehead atoms. The highest BCUT2D eigenvalue weighted by Crippen LogP contribution is 2.28. The van der Waals surface area contributed by atoms with Gasteiger partial charge in [0, 0.05) is 25.7 Å². The highest BCUT2D eigenvalue weighted by atomic mass is 32.1. The van der Waals surface area contributed by atoms with Crippen molar-refractivity contribution in [1.82, 2.24) is 14.7 Å². The van der Waals surface area contributed by atoms with Gasteiger partial charge >= 0.3 is 6.03 Å². The van der Waals surface area contributed by atoms with E-state index < -0.39 is 0 Å². The van der Waals surface area contributed by atoms with Gasteiger partial charge < -0.3 is 15.5 Å². The van der Waals surface area contributed by atoms with E-state index in [4.69, 9.17) is 5.73 Å². The maximum absolute atomic E-state index is 13.1. The third-order valence-corrected chi connectivity index (χ3v) is 5.39. The summed E-state index contributed by atoms with van der Waals surface area (Å²) in [5.41, 5.74) is 7.58. The molecular weight excluding hydrogens is 346 g/mol. The number of rotatable bonds is 4. The van der Waals surface area contributed by atoms with Crippen LogP contribution >= 0.6 is 12.6 Å². The van der Waals surface area contributed by atoms with Gasteiger partial charge in [-0.3, -0.25) is 4.90 Å². The predicted octanol–water partition coefficient (Wildman–Crippen LogP) is 2.34. The summed E-state index contributed by atoms with van der Waals surface area (Å²) in [5, 5.41) is 9.12. The molecule has 2 heterocycles. The van der Waals surface area contributed by atoms with Gasteiger partial charge in [-0.15, -0.1) is 0 Å². The maximum Gasteiger partial charge on any atom is 0.327 e. The number of benzene rings is 1. The van der Waals surface area contributed by atoms with Crippen LogP contribution in [0.3, 0.4) is 0 Å². The summed E-state index contributed by atoms with van der Waals surface area (Å²) in [6.45, 7) is 4.47. The fourth-order valence-corrected chi connectivity index (χ4v) is 3.98. The third-order valence-electron chi connectivity index (χ3n) is 4.96. The Morgan fingerprint density at radius 3 is 2.85 bits per heavy atom. The van der Waals surface area contributed by atoms with Gasteiger partial charge in [0.2, 0.25) is 0 Å². The number of hydrogen-bond donors (Lipinski definition) is 2. The summed E-state index contributed by atoms with van der Waals surface area (Å²) < 4.78 is 0. The molecule has 1 fully saturated rings. The van der Waals surface area contributed by atoms with E-state index in [9.17, 15) is 10.1 Å². The summed E-state index contributed by atoms with van der Waals surface area (Å²) in [6.07, 6.45) is 4.02. The van der Waals surface area contributed by atoms with Crippen LogP contribution in [0.15, 0.2) is 36.2 Å². The van der Waals surface area contributed by atoms with Crippen molar-refractivity contribution in [1.29, 1.82) is 5.26 Å². The first kappa shape index (κ1) is 18.6. The first-order valence-corrected chi connectivity index (χ1v) is 9.53. The second kappa shape index (κ2) is 8.02.